The topological polar surface area (TPSA) is 107 Å². The molecule has 2 rings (SSSR count). The van der Waals surface area contributed by atoms with Crippen LogP contribution in [0.2, 0.25) is 5.02 Å². The first-order valence-electron chi connectivity index (χ1n) is 6.63. The molecule has 0 aliphatic rings. The molecule has 0 fully saturated rings. The summed E-state index contributed by atoms with van der Waals surface area (Å²) in [5.74, 6) is -0.0863. The van der Waals surface area contributed by atoms with Gasteiger partial charge in [-0.1, -0.05) is 11.6 Å². The third kappa shape index (κ3) is 4.86. The molecule has 0 saturated heterocycles. The molecule has 0 saturated carbocycles. The van der Waals surface area contributed by atoms with E-state index in [1.165, 1.54) is 12.1 Å². The van der Waals surface area contributed by atoms with Crippen LogP contribution in [-0.2, 0) is 11.3 Å². The van der Waals surface area contributed by atoms with E-state index in [1.54, 1.807) is 30.3 Å². The lowest BCUT2D eigenvalue weighted by atomic mass is 10.2. The van der Waals surface area contributed by atoms with Gasteiger partial charge in [-0.2, -0.15) is 0 Å². The third-order valence-electron chi connectivity index (χ3n) is 2.95. The van der Waals surface area contributed by atoms with Crippen molar-refractivity contribution in [2.24, 2.45) is 5.73 Å². The highest BCUT2D eigenvalue weighted by molar-refractivity contribution is 6.30. The lowest BCUT2D eigenvalue weighted by Gasteiger charge is -2.12. The van der Waals surface area contributed by atoms with Gasteiger partial charge in [0.05, 0.1) is 4.92 Å². The van der Waals surface area contributed by atoms with E-state index in [4.69, 9.17) is 22.1 Å². The molecule has 1 amide bonds. The van der Waals surface area contributed by atoms with E-state index in [1.807, 2.05) is 0 Å². The minimum Gasteiger partial charge on any atom is -0.483 e. The highest BCUT2D eigenvalue weighted by Crippen LogP contribution is 2.24. The molecule has 0 bridgehead atoms. The first-order chi connectivity index (χ1) is 11.0. The van der Waals surface area contributed by atoms with Crippen LogP contribution in [0.4, 0.5) is 11.4 Å². The summed E-state index contributed by atoms with van der Waals surface area (Å²) in [7, 11) is 0. The fourth-order valence-electron chi connectivity index (χ4n) is 1.87. The molecule has 0 aliphatic carbocycles. The average Bonchev–Trinajstić information content (AvgIpc) is 2.52. The van der Waals surface area contributed by atoms with E-state index in [-0.39, 0.29) is 12.3 Å². The number of ether oxygens (including phenoxy) is 1. The average molecular weight is 336 g/mol. The van der Waals surface area contributed by atoms with Gasteiger partial charge >= 0.3 is 0 Å². The quantitative estimate of drug-likeness (QED) is 0.597. The molecule has 120 valence electrons. The van der Waals surface area contributed by atoms with Crippen molar-refractivity contribution in [1.82, 2.24) is 0 Å². The number of nitrogens with two attached hydrogens (primary N) is 1. The van der Waals surface area contributed by atoms with E-state index in [0.717, 1.165) is 5.56 Å². The molecule has 0 heterocycles. The van der Waals surface area contributed by atoms with Crippen LogP contribution in [0.15, 0.2) is 42.5 Å². The van der Waals surface area contributed by atoms with Gasteiger partial charge in [0.1, 0.15) is 5.75 Å². The van der Waals surface area contributed by atoms with Crippen LogP contribution in [0.1, 0.15) is 5.56 Å². The number of hydrogen-bond donors (Lipinski definition) is 2. The summed E-state index contributed by atoms with van der Waals surface area (Å²) in [4.78, 5) is 21.0. The summed E-state index contributed by atoms with van der Waals surface area (Å²) in [5, 5.41) is 14.2. The van der Waals surface area contributed by atoms with Crippen molar-refractivity contribution in [3.05, 3.63) is 63.2 Å². The number of nitro benzene ring substituents is 1. The maximum atomic E-state index is 10.8. The SMILES string of the molecule is NC(=O)COc1ccc(Cl)cc1CNc1ccc([N+](=O)[O-])cc1. The molecule has 0 aliphatic heterocycles. The smallest absolute Gasteiger partial charge is 0.269 e. The highest BCUT2D eigenvalue weighted by atomic mass is 35.5. The minimum atomic E-state index is -0.575. The van der Waals surface area contributed by atoms with Crippen LogP contribution in [0, 0.1) is 10.1 Å². The number of amides is 1. The van der Waals surface area contributed by atoms with Gasteiger partial charge in [-0.3, -0.25) is 14.9 Å². The molecule has 7 nitrogen and oxygen atoms in total. The van der Waals surface area contributed by atoms with E-state index in [9.17, 15) is 14.9 Å². The zero-order valence-electron chi connectivity index (χ0n) is 12.0. The fourth-order valence-corrected chi connectivity index (χ4v) is 2.07. The molecule has 3 N–H and O–H groups in total. The zero-order valence-corrected chi connectivity index (χ0v) is 12.7. The van der Waals surface area contributed by atoms with Gasteiger partial charge in [0.2, 0.25) is 0 Å². The van der Waals surface area contributed by atoms with Crippen molar-refractivity contribution in [3.8, 4) is 5.75 Å². The number of nitro groups is 1. The highest BCUT2D eigenvalue weighted by Gasteiger charge is 2.08. The second-order valence-electron chi connectivity index (χ2n) is 4.66. The number of nitrogens with zero attached hydrogens (tertiary/aromatic N) is 1. The van der Waals surface area contributed by atoms with E-state index < -0.39 is 10.8 Å². The summed E-state index contributed by atoms with van der Waals surface area (Å²) in [6, 6.07) is 11.0. The predicted molar refractivity (Wildman–Crippen MR) is 86.6 cm³/mol. The normalized spacial score (nSPS) is 10.1. The second-order valence-corrected chi connectivity index (χ2v) is 5.10. The van der Waals surface area contributed by atoms with Gasteiger partial charge in [-0.15, -0.1) is 0 Å². The van der Waals surface area contributed by atoms with E-state index >= 15 is 0 Å². The first-order valence-corrected chi connectivity index (χ1v) is 7.01. The third-order valence-corrected chi connectivity index (χ3v) is 3.19. The Morgan fingerprint density at radius 3 is 2.57 bits per heavy atom. The van der Waals surface area contributed by atoms with Crippen molar-refractivity contribution >= 4 is 28.9 Å². The predicted octanol–water partition coefficient (Wildman–Crippen LogP) is 2.72. The van der Waals surface area contributed by atoms with Crippen molar-refractivity contribution in [1.29, 1.82) is 0 Å². The molecule has 0 radical (unpaired) electrons. The van der Waals surface area contributed by atoms with Gasteiger partial charge in [0, 0.05) is 35.0 Å². The van der Waals surface area contributed by atoms with Gasteiger partial charge in [0.15, 0.2) is 6.61 Å². The lowest BCUT2D eigenvalue weighted by molar-refractivity contribution is -0.384. The molecule has 0 aromatic heterocycles. The Balaban J connectivity index is 2.08. The number of primary amides is 1. The number of rotatable bonds is 7. The molecule has 0 atom stereocenters. The number of carbonyl (C=O) groups is 1. The van der Waals surface area contributed by atoms with E-state index in [0.29, 0.717) is 23.0 Å². The largest absolute Gasteiger partial charge is 0.483 e. The number of carbonyl (C=O) groups excluding carboxylic acids is 1. The molecular formula is C15H14ClN3O4. The summed E-state index contributed by atoms with van der Waals surface area (Å²) < 4.78 is 5.33. The van der Waals surface area contributed by atoms with Crippen molar-refractivity contribution < 1.29 is 14.5 Å². The number of nitrogens with one attached hydrogen (secondary N) is 1. The Kier molecular flexibility index (Phi) is 5.37. The summed E-state index contributed by atoms with van der Waals surface area (Å²) in [6.07, 6.45) is 0. The van der Waals surface area contributed by atoms with Crippen LogP contribution in [0.25, 0.3) is 0 Å². The number of benzene rings is 2. The van der Waals surface area contributed by atoms with Crippen molar-refractivity contribution in [2.45, 2.75) is 6.54 Å². The van der Waals surface area contributed by atoms with E-state index in [2.05, 4.69) is 5.32 Å². The maximum Gasteiger partial charge on any atom is 0.269 e. The molecule has 2 aromatic carbocycles. The van der Waals surface area contributed by atoms with Gasteiger partial charge in [-0.25, -0.2) is 0 Å². The maximum absolute atomic E-state index is 10.8. The molecule has 2 aromatic rings. The first kappa shape index (κ1) is 16.6. The van der Waals surface area contributed by atoms with Gasteiger partial charge < -0.3 is 15.8 Å². The van der Waals surface area contributed by atoms with Crippen molar-refractivity contribution in [2.75, 3.05) is 11.9 Å². The van der Waals surface area contributed by atoms with Gasteiger partial charge in [-0.05, 0) is 30.3 Å². The molecule has 23 heavy (non-hydrogen) atoms. The molecule has 0 unspecified atom stereocenters. The Hall–Kier alpha value is -2.80. The Labute approximate surface area is 137 Å². The second kappa shape index (κ2) is 7.46. The summed E-state index contributed by atoms with van der Waals surface area (Å²) >= 11 is 5.97. The van der Waals surface area contributed by atoms with Crippen LogP contribution >= 0.6 is 11.6 Å². The summed E-state index contributed by atoms with van der Waals surface area (Å²) in [6.45, 7) is 0.138. The molecule has 8 heteroatoms. The Bertz CT molecular complexity index is 719. The van der Waals surface area contributed by atoms with Crippen LogP contribution in [0.5, 0.6) is 5.75 Å². The Morgan fingerprint density at radius 1 is 1.26 bits per heavy atom. The number of non-ortho nitro benzene ring substituents is 1. The molecule has 0 spiro atoms. The number of anilines is 1. The molecular weight excluding hydrogens is 322 g/mol. The van der Waals surface area contributed by atoms with Crippen LogP contribution < -0.4 is 15.8 Å². The minimum absolute atomic E-state index is 0.0174. The van der Waals surface area contributed by atoms with Crippen molar-refractivity contribution in [3.63, 3.8) is 0 Å². The van der Waals surface area contributed by atoms with Gasteiger partial charge in [0.25, 0.3) is 11.6 Å². The summed E-state index contributed by atoms with van der Waals surface area (Å²) in [5.41, 5.74) is 6.52. The monoisotopic (exact) mass is 335 g/mol. The zero-order chi connectivity index (χ0) is 16.8. The Morgan fingerprint density at radius 2 is 1.96 bits per heavy atom. The van der Waals surface area contributed by atoms with Crippen LogP contribution in [0.3, 0.4) is 0 Å². The number of halogens is 1. The standard InChI is InChI=1S/C15H14ClN3O4/c16-11-1-6-14(23-9-15(17)20)10(7-11)8-18-12-2-4-13(5-3-12)19(21)22/h1-7,18H,8-9H2,(H2,17,20). The lowest BCUT2D eigenvalue weighted by Crippen LogP contribution is -2.20. The van der Waals surface area contributed by atoms with Crippen LogP contribution in [-0.4, -0.2) is 17.4 Å². The fraction of sp³-hybridized carbons (Fsp3) is 0.133. The number of hydrogen-bond acceptors (Lipinski definition) is 5.